The number of rotatable bonds is 2. The summed E-state index contributed by atoms with van der Waals surface area (Å²) in [4.78, 5) is 14.0. The predicted molar refractivity (Wildman–Crippen MR) is 73.5 cm³/mol. The molecule has 0 radical (unpaired) electrons. The molecule has 1 aromatic rings. The van der Waals surface area contributed by atoms with Gasteiger partial charge in [-0.3, -0.25) is 4.79 Å². The Morgan fingerprint density at radius 3 is 3.00 bits per heavy atom. The summed E-state index contributed by atoms with van der Waals surface area (Å²) in [6, 6.07) is 4.42. The first kappa shape index (κ1) is 14.0. The Labute approximate surface area is 122 Å². The summed E-state index contributed by atoms with van der Waals surface area (Å²) in [7, 11) is 0. The third kappa shape index (κ3) is 2.92. The summed E-state index contributed by atoms with van der Waals surface area (Å²) >= 11 is 6.44. The largest absolute Gasteiger partial charge is 0.377 e. The highest BCUT2D eigenvalue weighted by Gasteiger charge is 2.27. The Balaban J connectivity index is 2.21. The second kappa shape index (κ2) is 6.12. The molecule has 0 bridgehead atoms. The number of halogens is 3. The smallest absolute Gasteiger partial charge is 0.254 e. The first-order valence-corrected chi connectivity index (χ1v) is 7.44. The van der Waals surface area contributed by atoms with Crippen molar-refractivity contribution in [2.75, 3.05) is 25.1 Å². The number of alkyl halides is 1. The van der Waals surface area contributed by atoms with Crippen molar-refractivity contribution in [3.63, 3.8) is 0 Å². The van der Waals surface area contributed by atoms with E-state index in [1.165, 1.54) is 6.07 Å². The van der Waals surface area contributed by atoms with Gasteiger partial charge < -0.3 is 9.64 Å². The monoisotopic (exact) mass is 379 g/mol. The van der Waals surface area contributed by atoms with Gasteiger partial charge in [0.2, 0.25) is 0 Å². The Bertz CT molecular complexity index is 456. The van der Waals surface area contributed by atoms with E-state index >= 15 is 0 Å². The van der Waals surface area contributed by atoms with Gasteiger partial charge >= 0.3 is 0 Å². The number of hydrogen-bond acceptors (Lipinski definition) is 2. The van der Waals surface area contributed by atoms with Crippen molar-refractivity contribution in [2.24, 2.45) is 0 Å². The van der Waals surface area contributed by atoms with Gasteiger partial charge in [0.05, 0.1) is 23.7 Å². The lowest BCUT2D eigenvalue weighted by atomic mass is 10.1. The van der Waals surface area contributed by atoms with E-state index in [1.807, 2.05) is 0 Å². The van der Waals surface area contributed by atoms with Crippen molar-refractivity contribution in [2.45, 2.75) is 6.04 Å². The van der Waals surface area contributed by atoms with Crippen LogP contribution >= 0.6 is 31.9 Å². The summed E-state index contributed by atoms with van der Waals surface area (Å²) in [5.74, 6) is -0.585. The number of hydrogen-bond donors (Lipinski definition) is 0. The van der Waals surface area contributed by atoms with Gasteiger partial charge in [0, 0.05) is 17.4 Å². The maximum absolute atomic E-state index is 13.4. The van der Waals surface area contributed by atoms with Crippen LogP contribution in [-0.2, 0) is 4.74 Å². The highest BCUT2D eigenvalue weighted by atomic mass is 79.9. The Morgan fingerprint density at radius 1 is 1.56 bits per heavy atom. The van der Waals surface area contributed by atoms with Crippen LogP contribution in [0.5, 0.6) is 0 Å². The molecule has 98 valence electrons. The van der Waals surface area contributed by atoms with E-state index in [9.17, 15) is 9.18 Å². The summed E-state index contributed by atoms with van der Waals surface area (Å²) < 4.78 is 19.1. The van der Waals surface area contributed by atoms with Gasteiger partial charge in [-0.05, 0) is 34.1 Å². The van der Waals surface area contributed by atoms with Crippen molar-refractivity contribution >= 4 is 37.8 Å². The molecule has 1 unspecified atom stereocenters. The van der Waals surface area contributed by atoms with Crippen LogP contribution in [0.4, 0.5) is 4.39 Å². The predicted octanol–water partition coefficient (Wildman–Crippen LogP) is 2.82. The van der Waals surface area contributed by atoms with E-state index in [1.54, 1.807) is 17.0 Å². The first-order chi connectivity index (χ1) is 8.63. The highest BCUT2D eigenvalue weighted by Crippen LogP contribution is 2.19. The van der Waals surface area contributed by atoms with Crippen LogP contribution in [0.3, 0.4) is 0 Å². The Morgan fingerprint density at radius 2 is 2.33 bits per heavy atom. The number of carbonyl (C=O) groups excluding carboxylic acids is 1. The molecule has 1 saturated heterocycles. The normalized spacial score (nSPS) is 19.9. The van der Waals surface area contributed by atoms with Crippen molar-refractivity contribution in [1.29, 1.82) is 0 Å². The molecule has 1 amide bonds. The van der Waals surface area contributed by atoms with E-state index in [4.69, 9.17) is 4.74 Å². The van der Waals surface area contributed by atoms with E-state index in [0.717, 1.165) is 0 Å². The van der Waals surface area contributed by atoms with Crippen LogP contribution in [0, 0.1) is 5.82 Å². The molecule has 3 nitrogen and oxygen atoms in total. The standard InChI is InChI=1S/C12H12Br2FNO2/c13-6-9-7-18-4-3-16(9)12(17)8-1-2-10(14)11(15)5-8/h1-2,5,9H,3-4,6-7H2. The van der Waals surface area contributed by atoms with Gasteiger partial charge in [-0.25, -0.2) is 4.39 Å². The van der Waals surface area contributed by atoms with Crippen LogP contribution in [0.2, 0.25) is 0 Å². The minimum absolute atomic E-state index is 0.00189. The maximum Gasteiger partial charge on any atom is 0.254 e. The maximum atomic E-state index is 13.4. The van der Waals surface area contributed by atoms with Crippen molar-refractivity contribution < 1.29 is 13.9 Å². The second-order valence-electron chi connectivity index (χ2n) is 4.01. The molecule has 0 aromatic heterocycles. The van der Waals surface area contributed by atoms with E-state index in [0.29, 0.717) is 35.1 Å². The summed E-state index contributed by atoms with van der Waals surface area (Å²) in [6.45, 7) is 1.57. The van der Waals surface area contributed by atoms with Gasteiger partial charge in [-0.1, -0.05) is 15.9 Å². The van der Waals surface area contributed by atoms with Crippen LogP contribution in [0.15, 0.2) is 22.7 Å². The van der Waals surface area contributed by atoms with Crippen LogP contribution in [0.1, 0.15) is 10.4 Å². The molecule has 2 rings (SSSR count). The summed E-state index contributed by atoms with van der Waals surface area (Å²) in [6.07, 6.45) is 0. The van der Waals surface area contributed by atoms with Crippen molar-refractivity contribution in [1.82, 2.24) is 4.90 Å². The molecule has 1 heterocycles. The molecule has 0 spiro atoms. The molecule has 1 atom stereocenters. The summed E-state index contributed by atoms with van der Waals surface area (Å²) in [5, 5.41) is 0.651. The van der Waals surface area contributed by atoms with Crippen LogP contribution in [-0.4, -0.2) is 41.9 Å². The molecule has 0 saturated carbocycles. The van der Waals surface area contributed by atoms with Gasteiger partial charge in [0.1, 0.15) is 5.82 Å². The average Bonchev–Trinajstić information content (AvgIpc) is 2.41. The van der Waals surface area contributed by atoms with Gasteiger partial charge in [0.25, 0.3) is 5.91 Å². The number of benzene rings is 1. The van der Waals surface area contributed by atoms with E-state index in [2.05, 4.69) is 31.9 Å². The first-order valence-electron chi connectivity index (χ1n) is 5.53. The molecule has 1 aliphatic heterocycles. The van der Waals surface area contributed by atoms with E-state index in [-0.39, 0.29) is 11.9 Å². The van der Waals surface area contributed by atoms with Crippen molar-refractivity contribution in [3.05, 3.63) is 34.1 Å². The molecule has 6 heteroatoms. The fraction of sp³-hybridized carbons (Fsp3) is 0.417. The zero-order valence-electron chi connectivity index (χ0n) is 9.54. The molecule has 0 N–H and O–H groups in total. The molecule has 18 heavy (non-hydrogen) atoms. The minimum Gasteiger partial charge on any atom is -0.377 e. The lowest BCUT2D eigenvalue weighted by molar-refractivity contribution is 0.00522. The number of nitrogens with zero attached hydrogens (tertiary/aromatic N) is 1. The quantitative estimate of drug-likeness (QED) is 0.738. The zero-order valence-corrected chi connectivity index (χ0v) is 12.7. The van der Waals surface area contributed by atoms with Gasteiger partial charge in [0.15, 0.2) is 0 Å². The molecule has 0 aliphatic carbocycles. The number of carbonyl (C=O) groups is 1. The SMILES string of the molecule is O=C(c1ccc(Br)c(F)c1)N1CCOCC1CBr. The third-order valence-electron chi connectivity index (χ3n) is 2.83. The average molecular weight is 381 g/mol. The fourth-order valence-corrected chi connectivity index (χ4v) is 2.63. The van der Waals surface area contributed by atoms with Gasteiger partial charge in [-0.15, -0.1) is 0 Å². The fourth-order valence-electron chi connectivity index (χ4n) is 1.85. The van der Waals surface area contributed by atoms with E-state index < -0.39 is 5.82 Å². The van der Waals surface area contributed by atoms with Crippen molar-refractivity contribution in [3.8, 4) is 0 Å². The Kier molecular flexibility index (Phi) is 4.75. The number of morpholine rings is 1. The molecular formula is C12H12Br2FNO2. The molecular weight excluding hydrogens is 369 g/mol. The molecule has 1 fully saturated rings. The second-order valence-corrected chi connectivity index (χ2v) is 5.51. The number of amides is 1. The summed E-state index contributed by atoms with van der Waals surface area (Å²) in [5.41, 5.74) is 0.364. The van der Waals surface area contributed by atoms with Crippen LogP contribution < -0.4 is 0 Å². The zero-order chi connectivity index (χ0) is 13.1. The number of ether oxygens (including phenoxy) is 1. The van der Waals surface area contributed by atoms with Gasteiger partial charge in [-0.2, -0.15) is 0 Å². The lowest BCUT2D eigenvalue weighted by Crippen LogP contribution is -2.49. The lowest BCUT2D eigenvalue weighted by Gasteiger charge is -2.34. The molecule has 1 aliphatic rings. The minimum atomic E-state index is -0.426. The van der Waals surface area contributed by atoms with Crippen LogP contribution in [0.25, 0.3) is 0 Å². The highest BCUT2D eigenvalue weighted by molar-refractivity contribution is 9.10. The third-order valence-corrected chi connectivity index (χ3v) is 4.22. The Hall–Kier alpha value is -0.460. The molecule has 1 aromatic carbocycles. The topological polar surface area (TPSA) is 29.5 Å².